The molecule has 0 aromatic rings. The highest BCUT2D eigenvalue weighted by Gasteiger charge is 2.45. The Hall–Kier alpha value is -2.19. The zero-order valence-corrected chi connectivity index (χ0v) is 15.9. The van der Waals surface area contributed by atoms with Gasteiger partial charge in [0.2, 0.25) is 5.91 Å². The van der Waals surface area contributed by atoms with Crippen LogP contribution >= 0.6 is 0 Å². The van der Waals surface area contributed by atoms with E-state index in [2.05, 4.69) is 28.0 Å². The highest BCUT2D eigenvalue weighted by Crippen LogP contribution is 2.35. The lowest BCUT2D eigenvalue weighted by molar-refractivity contribution is -0.132. The largest absolute Gasteiger partial charge is 0.377 e. The standard InChI is InChI=1S/C19H25N5O3/c1-11-4-14(12-5-16(26-2)18(27-3)22-6-12)23-15-9-24(19(25)17(11)15)13-7-20-10-21-8-13/h4,6-7,10-13,16-18H,5,8-9H2,1-3H3. The van der Waals surface area contributed by atoms with Crippen molar-refractivity contribution in [1.29, 1.82) is 0 Å². The van der Waals surface area contributed by atoms with Crippen molar-refractivity contribution in [2.45, 2.75) is 31.7 Å². The Morgan fingerprint density at radius 3 is 2.78 bits per heavy atom. The average Bonchev–Trinajstić information content (AvgIpc) is 3.05. The number of carbonyl (C=O) groups excluding carboxylic acids is 1. The summed E-state index contributed by atoms with van der Waals surface area (Å²) in [7, 11) is 3.31. The maximum absolute atomic E-state index is 13.0. The number of likely N-dealkylation sites (tertiary alicyclic amines) is 1. The van der Waals surface area contributed by atoms with Crippen LogP contribution in [0.25, 0.3) is 0 Å². The van der Waals surface area contributed by atoms with Crippen LogP contribution in [0, 0.1) is 17.8 Å². The minimum absolute atomic E-state index is 0.0715. The first kappa shape index (κ1) is 18.2. The van der Waals surface area contributed by atoms with E-state index in [9.17, 15) is 4.79 Å². The molecule has 1 amide bonds. The summed E-state index contributed by atoms with van der Waals surface area (Å²) in [6, 6.07) is -0.0805. The molecule has 6 atom stereocenters. The normalized spacial score (nSPS) is 38.0. The van der Waals surface area contributed by atoms with Gasteiger partial charge in [-0.2, -0.15) is 0 Å². The van der Waals surface area contributed by atoms with Crippen LogP contribution in [0.5, 0.6) is 0 Å². The van der Waals surface area contributed by atoms with Crippen LogP contribution in [0.4, 0.5) is 0 Å². The van der Waals surface area contributed by atoms with Gasteiger partial charge in [0.25, 0.3) is 0 Å². The van der Waals surface area contributed by atoms with Crippen molar-refractivity contribution >= 4 is 30.4 Å². The van der Waals surface area contributed by atoms with E-state index in [-0.39, 0.29) is 42.0 Å². The number of hydrogen-bond donors (Lipinski definition) is 0. The SMILES string of the molecule is COC1CC(C2=CC(C)C3C(=O)N(C4C=NC=NC4)CC3=N2)C=NC1OC. The molecule has 4 rings (SSSR count). The van der Waals surface area contributed by atoms with Crippen LogP contribution in [-0.4, -0.2) is 81.0 Å². The molecule has 0 aromatic heterocycles. The van der Waals surface area contributed by atoms with Crippen molar-refractivity contribution in [3.63, 3.8) is 0 Å². The molecule has 0 N–H and O–H groups in total. The summed E-state index contributed by atoms with van der Waals surface area (Å²) in [5.74, 6) is 0.112. The van der Waals surface area contributed by atoms with Crippen molar-refractivity contribution in [3.8, 4) is 0 Å². The summed E-state index contributed by atoms with van der Waals surface area (Å²) < 4.78 is 10.9. The summed E-state index contributed by atoms with van der Waals surface area (Å²) in [6.45, 7) is 3.18. The topological polar surface area (TPSA) is 88.2 Å². The van der Waals surface area contributed by atoms with Gasteiger partial charge in [-0.05, 0) is 12.3 Å². The fourth-order valence-corrected chi connectivity index (χ4v) is 4.26. The van der Waals surface area contributed by atoms with Gasteiger partial charge in [0, 0.05) is 38.3 Å². The number of aliphatic imine (C=N–C) groups is 4. The second-order valence-corrected chi connectivity index (χ2v) is 7.38. The lowest BCUT2D eigenvalue weighted by atomic mass is 9.84. The zero-order chi connectivity index (χ0) is 19.0. The Labute approximate surface area is 158 Å². The Morgan fingerprint density at radius 2 is 2.07 bits per heavy atom. The molecule has 27 heavy (non-hydrogen) atoms. The van der Waals surface area contributed by atoms with E-state index in [0.717, 1.165) is 17.8 Å². The molecule has 4 heterocycles. The second-order valence-electron chi connectivity index (χ2n) is 7.38. The van der Waals surface area contributed by atoms with Gasteiger partial charge in [-0.3, -0.25) is 19.8 Å². The van der Waals surface area contributed by atoms with Gasteiger partial charge in [-0.15, -0.1) is 0 Å². The molecule has 4 aliphatic heterocycles. The Balaban J connectivity index is 1.55. The number of hydrogen-bond acceptors (Lipinski definition) is 7. The molecule has 4 aliphatic rings. The summed E-state index contributed by atoms with van der Waals surface area (Å²) >= 11 is 0. The fraction of sp³-hybridized carbons (Fsp3) is 0.632. The monoisotopic (exact) mass is 371 g/mol. The quantitative estimate of drug-likeness (QED) is 0.738. The lowest BCUT2D eigenvalue weighted by Gasteiger charge is -2.31. The maximum Gasteiger partial charge on any atom is 0.232 e. The van der Waals surface area contributed by atoms with E-state index in [1.54, 1.807) is 20.4 Å². The molecule has 0 saturated carbocycles. The predicted molar refractivity (Wildman–Crippen MR) is 104 cm³/mol. The van der Waals surface area contributed by atoms with E-state index in [1.807, 2.05) is 11.1 Å². The molecule has 1 fully saturated rings. The van der Waals surface area contributed by atoms with Gasteiger partial charge in [0.15, 0.2) is 6.23 Å². The third-order valence-electron chi connectivity index (χ3n) is 5.71. The molecule has 0 spiro atoms. The molecule has 8 nitrogen and oxygen atoms in total. The predicted octanol–water partition coefficient (Wildman–Crippen LogP) is 0.979. The highest BCUT2D eigenvalue weighted by atomic mass is 16.5. The Morgan fingerprint density at radius 1 is 1.22 bits per heavy atom. The summed E-state index contributed by atoms with van der Waals surface area (Å²) in [5, 5.41) is 0. The van der Waals surface area contributed by atoms with Crippen LogP contribution in [0.2, 0.25) is 0 Å². The third kappa shape index (κ3) is 3.27. The van der Waals surface area contributed by atoms with Crippen LogP contribution in [0.15, 0.2) is 31.7 Å². The molecular weight excluding hydrogens is 346 g/mol. The molecule has 8 heteroatoms. The molecule has 0 aromatic carbocycles. The first-order chi connectivity index (χ1) is 13.1. The first-order valence-corrected chi connectivity index (χ1v) is 9.32. The minimum atomic E-state index is -0.275. The molecule has 0 bridgehead atoms. The number of carbonyl (C=O) groups is 1. The summed E-state index contributed by atoms with van der Waals surface area (Å²) in [6.07, 6.45) is 7.73. The molecule has 6 unspecified atom stereocenters. The zero-order valence-electron chi connectivity index (χ0n) is 15.9. The van der Waals surface area contributed by atoms with Gasteiger partial charge in [0.05, 0.1) is 30.8 Å². The Kier molecular flexibility index (Phi) is 5.01. The van der Waals surface area contributed by atoms with Crippen LogP contribution in [0.3, 0.4) is 0 Å². The highest BCUT2D eigenvalue weighted by molar-refractivity contribution is 6.13. The molecule has 1 saturated heterocycles. The fourth-order valence-electron chi connectivity index (χ4n) is 4.26. The van der Waals surface area contributed by atoms with Crippen molar-refractivity contribution in [2.24, 2.45) is 37.7 Å². The molecular formula is C19H25N5O3. The van der Waals surface area contributed by atoms with Crippen molar-refractivity contribution in [3.05, 3.63) is 11.8 Å². The van der Waals surface area contributed by atoms with E-state index in [4.69, 9.17) is 14.5 Å². The minimum Gasteiger partial charge on any atom is -0.377 e. The van der Waals surface area contributed by atoms with Gasteiger partial charge in [-0.1, -0.05) is 13.0 Å². The van der Waals surface area contributed by atoms with E-state index >= 15 is 0 Å². The second kappa shape index (κ2) is 7.44. The van der Waals surface area contributed by atoms with Gasteiger partial charge >= 0.3 is 0 Å². The van der Waals surface area contributed by atoms with E-state index in [0.29, 0.717) is 13.1 Å². The Bertz CT molecular complexity index is 756. The maximum atomic E-state index is 13.0. The number of methoxy groups -OCH3 is 2. The third-order valence-corrected chi connectivity index (χ3v) is 5.71. The van der Waals surface area contributed by atoms with E-state index < -0.39 is 0 Å². The molecule has 0 aliphatic carbocycles. The van der Waals surface area contributed by atoms with Gasteiger partial charge < -0.3 is 14.4 Å². The molecule has 0 radical (unpaired) electrons. The van der Waals surface area contributed by atoms with Crippen LogP contribution < -0.4 is 0 Å². The van der Waals surface area contributed by atoms with Gasteiger partial charge in [0.1, 0.15) is 12.4 Å². The van der Waals surface area contributed by atoms with E-state index in [1.165, 1.54) is 6.34 Å². The first-order valence-electron chi connectivity index (χ1n) is 9.32. The number of ether oxygens (including phenoxy) is 2. The van der Waals surface area contributed by atoms with Crippen molar-refractivity contribution < 1.29 is 14.3 Å². The number of nitrogens with zero attached hydrogens (tertiary/aromatic N) is 5. The number of amides is 1. The van der Waals surface area contributed by atoms with Crippen molar-refractivity contribution in [2.75, 3.05) is 27.3 Å². The van der Waals surface area contributed by atoms with Crippen LogP contribution in [-0.2, 0) is 14.3 Å². The van der Waals surface area contributed by atoms with Crippen LogP contribution in [0.1, 0.15) is 13.3 Å². The summed E-state index contributed by atoms with van der Waals surface area (Å²) in [5.41, 5.74) is 1.91. The smallest absolute Gasteiger partial charge is 0.232 e. The number of rotatable bonds is 4. The number of fused-ring (bicyclic) bond motifs is 1. The number of allylic oxidation sites excluding steroid dienone is 2. The van der Waals surface area contributed by atoms with Crippen molar-refractivity contribution in [1.82, 2.24) is 4.90 Å². The van der Waals surface area contributed by atoms with Gasteiger partial charge in [-0.25, -0.2) is 4.99 Å². The molecule has 144 valence electrons. The lowest BCUT2D eigenvalue weighted by Crippen LogP contribution is -2.42. The average molecular weight is 371 g/mol. The summed E-state index contributed by atoms with van der Waals surface area (Å²) in [4.78, 5) is 32.4.